The van der Waals surface area contributed by atoms with E-state index in [1.54, 1.807) is 6.20 Å². The fourth-order valence-corrected chi connectivity index (χ4v) is 3.07. The van der Waals surface area contributed by atoms with Gasteiger partial charge < -0.3 is 4.90 Å². The van der Waals surface area contributed by atoms with Gasteiger partial charge in [0.15, 0.2) is 0 Å². The minimum Gasteiger partial charge on any atom is -0.335 e. The molecule has 1 heterocycles. The number of carbonyl (C=O) groups excluding carboxylic acids is 1. The summed E-state index contributed by atoms with van der Waals surface area (Å²) in [5.41, 5.74) is 4.25. The number of benzene rings is 1. The van der Waals surface area contributed by atoms with E-state index in [1.807, 2.05) is 31.0 Å². The van der Waals surface area contributed by atoms with Crippen molar-refractivity contribution in [2.24, 2.45) is 0 Å². The molecule has 0 spiro atoms. The molecule has 1 aliphatic rings. The molecule has 0 unspecified atom stereocenters. The maximum absolute atomic E-state index is 12.7. The Morgan fingerprint density at radius 2 is 2.05 bits per heavy atom. The number of aryl methyl sites for hydroxylation is 2. The predicted octanol–water partition coefficient (Wildman–Crippen LogP) is 3.54. The zero-order valence-corrected chi connectivity index (χ0v) is 12.5. The molecule has 1 amide bonds. The van der Waals surface area contributed by atoms with E-state index >= 15 is 0 Å². The number of hydrogen-bond donors (Lipinski definition) is 0. The Labute approximate surface area is 125 Å². The summed E-state index contributed by atoms with van der Waals surface area (Å²) >= 11 is 0. The summed E-state index contributed by atoms with van der Waals surface area (Å²) in [6, 6.07) is 12.4. The van der Waals surface area contributed by atoms with Gasteiger partial charge >= 0.3 is 0 Å². The molecule has 0 bridgehead atoms. The molecule has 0 aliphatic heterocycles. The highest BCUT2D eigenvalue weighted by molar-refractivity contribution is 5.94. The lowest BCUT2D eigenvalue weighted by Crippen LogP contribution is -2.33. The van der Waals surface area contributed by atoms with Gasteiger partial charge in [0.05, 0.1) is 11.6 Å². The van der Waals surface area contributed by atoms with Crippen LogP contribution < -0.4 is 0 Å². The first kappa shape index (κ1) is 13.8. The van der Waals surface area contributed by atoms with Crippen LogP contribution in [-0.4, -0.2) is 22.8 Å². The average molecular weight is 280 g/mol. The van der Waals surface area contributed by atoms with Crippen molar-refractivity contribution in [3.05, 3.63) is 65.0 Å². The number of nitrogens with zero attached hydrogens (tertiary/aromatic N) is 2. The number of fused-ring (bicyclic) bond motifs is 1. The number of pyridine rings is 1. The Hall–Kier alpha value is -2.16. The molecule has 0 fully saturated rings. The van der Waals surface area contributed by atoms with Gasteiger partial charge in [0.1, 0.15) is 0 Å². The molecule has 1 aromatic heterocycles. The fraction of sp³-hybridized carbons (Fsp3) is 0.333. The van der Waals surface area contributed by atoms with Crippen LogP contribution in [0.3, 0.4) is 0 Å². The molecule has 108 valence electrons. The standard InChI is InChI=1S/C18H20N2O/c1-13-10-11-15(12-19-13)18(21)20(2)17-9-5-7-14-6-3-4-8-16(14)17/h3-4,6,8,10-12,17H,5,7,9H2,1-2H3/t17-/m0/s1. The zero-order valence-electron chi connectivity index (χ0n) is 12.5. The Morgan fingerprint density at radius 1 is 1.24 bits per heavy atom. The Bertz CT molecular complexity index is 649. The lowest BCUT2D eigenvalue weighted by molar-refractivity contribution is 0.0714. The summed E-state index contributed by atoms with van der Waals surface area (Å²) in [5, 5.41) is 0. The topological polar surface area (TPSA) is 33.2 Å². The van der Waals surface area contributed by atoms with Crippen molar-refractivity contribution in [3.8, 4) is 0 Å². The minimum atomic E-state index is 0.0456. The van der Waals surface area contributed by atoms with Crippen LogP contribution in [0.15, 0.2) is 42.6 Å². The number of carbonyl (C=O) groups is 1. The third-order valence-corrected chi connectivity index (χ3v) is 4.28. The second-order valence-corrected chi connectivity index (χ2v) is 5.71. The average Bonchev–Trinajstić information content (AvgIpc) is 2.53. The van der Waals surface area contributed by atoms with Gasteiger partial charge in [0.25, 0.3) is 5.91 Å². The van der Waals surface area contributed by atoms with Gasteiger partial charge in [-0.15, -0.1) is 0 Å². The summed E-state index contributed by atoms with van der Waals surface area (Å²) in [7, 11) is 1.90. The molecule has 3 nitrogen and oxygen atoms in total. The molecule has 21 heavy (non-hydrogen) atoms. The number of aromatic nitrogens is 1. The van der Waals surface area contributed by atoms with E-state index in [4.69, 9.17) is 0 Å². The lowest BCUT2D eigenvalue weighted by atomic mass is 9.87. The van der Waals surface area contributed by atoms with E-state index in [0.717, 1.165) is 25.0 Å². The third-order valence-electron chi connectivity index (χ3n) is 4.28. The smallest absolute Gasteiger partial charge is 0.255 e. The Morgan fingerprint density at radius 3 is 2.81 bits per heavy atom. The number of rotatable bonds is 2. The van der Waals surface area contributed by atoms with Crippen molar-refractivity contribution in [1.29, 1.82) is 0 Å². The monoisotopic (exact) mass is 280 g/mol. The van der Waals surface area contributed by atoms with Crippen LogP contribution in [0.1, 0.15) is 46.1 Å². The van der Waals surface area contributed by atoms with Crippen LogP contribution >= 0.6 is 0 Å². The molecular weight excluding hydrogens is 260 g/mol. The molecule has 0 radical (unpaired) electrons. The Kier molecular flexibility index (Phi) is 3.74. The second kappa shape index (κ2) is 5.68. The molecule has 1 atom stereocenters. The fourth-order valence-electron chi connectivity index (χ4n) is 3.07. The number of amides is 1. The van der Waals surface area contributed by atoms with Gasteiger partial charge in [-0.1, -0.05) is 24.3 Å². The van der Waals surface area contributed by atoms with Crippen LogP contribution in [0.25, 0.3) is 0 Å². The maximum Gasteiger partial charge on any atom is 0.255 e. The highest BCUT2D eigenvalue weighted by Gasteiger charge is 2.27. The Balaban J connectivity index is 1.87. The van der Waals surface area contributed by atoms with Gasteiger partial charge in [0.2, 0.25) is 0 Å². The van der Waals surface area contributed by atoms with Crippen LogP contribution in [0.2, 0.25) is 0 Å². The van der Waals surface area contributed by atoms with E-state index in [-0.39, 0.29) is 11.9 Å². The molecule has 0 N–H and O–H groups in total. The van der Waals surface area contributed by atoms with Crippen molar-refractivity contribution in [2.45, 2.75) is 32.2 Å². The molecule has 2 aromatic rings. The highest BCUT2D eigenvalue weighted by Crippen LogP contribution is 2.34. The maximum atomic E-state index is 12.7. The van der Waals surface area contributed by atoms with Crippen LogP contribution in [0, 0.1) is 6.92 Å². The largest absolute Gasteiger partial charge is 0.335 e. The second-order valence-electron chi connectivity index (χ2n) is 5.71. The van der Waals surface area contributed by atoms with Gasteiger partial charge in [-0.3, -0.25) is 9.78 Å². The normalized spacial score (nSPS) is 17.1. The highest BCUT2D eigenvalue weighted by atomic mass is 16.2. The molecular formula is C18H20N2O. The molecule has 1 aromatic carbocycles. The lowest BCUT2D eigenvalue weighted by Gasteiger charge is -2.33. The van der Waals surface area contributed by atoms with E-state index < -0.39 is 0 Å². The summed E-state index contributed by atoms with van der Waals surface area (Å²) in [6.45, 7) is 1.93. The van der Waals surface area contributed by atoms with Gasteiger partial charge in [0, 0.05) is 18.9 Å². The van der Waals surface area contributed by atoms with E-state index in [9.17, 15) is 4.79 Å². The van der Waals surface area contributed by atoms with Crippen molar-refractivity contribution in [2.75, 3.05) is 7.05 Å². The van der Waals surface area contributed by atoms with E-state index in [1.165, 1.54) is 11.1 Å². The first-order valence-corrected chi connectivity index (χ1v) is 7.44. The van der Waals surface area contributed by atoms with Gasteiger partial charge in [-0.25, -0.2) is 0 Å². The van der Waals surface area contributed by atoms with Crippen molar-refractivity contribution < 1.29 is 4.79 Å². The summed E-state index contributed by atoms with van der Waals surface area (Å²) < 4.78 is 0. The van der Waals surface area contributed by atoms with Crippen LogP contribution in [0.4, 0.5) is 0 Å². The summed E-state index contributed by atoms with van der Waals surface area (Å²) in [6.07, 6.45) is 4.94. The number of hydrogen-bond acceptors (Lipinski definition) is 2. The zero-order chi connectivity index (χ0) is 14.8. The van der Waals surface area contributed by atoms with E-state index in [0.29, 0.717) is 5.56 Å². The predicted molar refractivity (Wildman–Crippen MR) is 83.2 cm³/mol. The molecule has 0 saturated heterocycles. The first-order valence-electron chi connectivity index (χ1n) is 7.44. The van der Waals surface area contributed by atoms with Crippen molar-refractivity contribution >= 4 is 5.91 Å². The van der Waals surface area contributed by atoms with E-state index in [2.05, 4.69) is 29.2 Å². The minimum absolute atomic E-state index is 0.0456. The molecule has 1 aliphatic carbocycles. The molecule has 3 rings (SSSR count). The first-order chi connectivity index (χ1) is 10.2. The third kappa shape index (κ3) is 2.68. The SMILES string of the molecule is Cc1ccc(C(=O)N(C)[C@H]2CCCc3ccccc32)cn1. The summed E-state index contributed by atoms with van der Waals surface area (Å²) in [5.74, 6) is 0.0456. The van der Waals surface area contributed by atoms with Crippen LogP contribution in [-0.2, 0) is 6.42 Å². The van der Waals surface area contributed by atoms with Gasteiger partial charge in [-0.2, -0.15) is 0 Å². The molecule has 3 heteroatoms. The molecule has 0 saturated carbocycles. The van der Waals surface area contributed by atoms with Crippen LogP contribution in [0.5, 0.6) is 0 Å². The van der Waals surface area contributed by atoms with Crippen molar-refractivity contribution in [3.63, 3.8) is 0 Å². The van der Waals surface area contributed by atoms with Crippen molar-refractivity contribution in [1.82, 2.24) is 9.88 Å². The quantitative estimate of drug-likeness (QED) is 0.843. The summed E-state index contributed by atoms with van der Waals surface area (Å²) in [4.78, 5) is 18.7. The van der Waals surface area contributed by atoms with Gasteiger partial charge in [-0.05, 0) is 49.4 Å².